The number of nitrogens with one attached hydrogen (secondary N) is 1. The normalized spacial score (nSPS) is 14.4. The van der Waals surface area contributed by atoms with Crippen molar-refractivity contribution in [2.24, 2.45) is 5.41 Å². The van der Waals surface area contributed by atoms with E-state index in [1.807, 2.05) is 58.0 Å². The number of nitrogens with zero attached hydrogens (tertiary/aromatic N) is 1. The van der Waals surface area contributed by atoms with Crippen LogP contribution in [0.1, 0.15) is 45.6 Å². The Morgan fingerprint density at radius 3 is 2.63 bits per heavy atom. The molecule has 1 aliphatic rings. The lowest BCUT2D eigenvalue weighted by atomic mass is 9.94. The standard InChI is InChI=1S/C24H30N2O4/c1-16(18-8-6-7-9-20(18)29-5)14-22(27)25-17-10-11-21-19(15-17)26(12-13-30-21)23(28)24(2,3)4/h6-11,15-16H,12-14H2,1-5H3,(H,25,27). The largest absolute Gasteiger partial charge is 0.496 e. The van der Waals surface area contributed by atoms with E-state index in [-0.39, 0.29) is 17.7 Å². The van der Waals surface area contributed by atoms with E-state index >= 15 is 0 Å². The molecule has 6 nitrogen and oxygen atoms in total. The molecule has 1 aliphatic heterocycles. The number of rotatable bonds is 5. The SMILES string of the molecule is COc1ccccc1C(C)CC(=O)Nc1ccc2c(c1)N(C(=O)C(C)(C)C)CCO2. The number of anilines is 2. The van der Waals surface area contributed by atoms with Crippen LogP contribution < -0.4 is 19.7 Å². The Kier molecular flexibility index (Phi) is 6.34. The zero-order valence-corrected chi connectivity index (χ0v) is 18.3. The molecule has 0 saturated carbocycles. The lowest BCUT2D eigenvalue weighted by Crippen LogP contribution is -2.44. The highest BCUT2D eigenvalue weighted by molar-refractivity contribution is 6.00. The zero-order chi connectivity index (χ0) is 21.9. The van der Waals surface area contributed by atoms with Gasteiger partial charge in [0.25, 0.3) is 0 Å². The third kappa shape index (κ3) is 4.75. The lowest BCUT2D eigenvalue weighted by Gasteiger charge is -2.34. The van der Waals surface area contributed by atoms with Gasteiger partial charge in [-0.1, -0.05) is 45.9 Å². The van der Waals surface area contributed by atoms with Gasteiger partial charge in [0.05, 0.1) is 19.3 Å². The number of ether oxygens (including phenoxy) is 2. The second-order valence-corrected chi connectivity index (χ2v) is 8.63. The van der Waals surface area contributed by atoms with Crippen molar-refractivity contribution in [2.75, 3.05) is 30.5 Å². The number of benzene rings is 2. The van der Waals surface area contributed by atoms with Crippen LogP contribution in [0.4, 0.5) is 11.4 Å². The topological polar surface area (TPSA) is 67.9 Å². The maximum absolute atomic E-state index is 12.8. The maximum Gasteiger partial charge on any atom is 0.232 e. The molecule has 0 bridgehead atoms. The van der Waals surface area contributed by atoms with Crippen molar-refractivity contribution < 1.29 is 19.1 Å². The molecule has 2 aromatic rings. The molecule has 1 unspecified atom stereocenters. The summed E-state index contributed by atoms with van der Waals surface area (Å²) in [5.41, 5.74) is 1.83. The van der Waals surface area contributed by atoms with E-state index in [1.54, 1.807) is 24.1 Å². The van der Waals surface area contributed by atoms with E-state index in [1.165, 1.54) is 0 Å². The van der Waals surface area contributed by atoms with Crippen molar-refractivity contribution in [3.05, 3.63) is 48.0 Å². The molecule has 1 N–H and O–H groups in total. The number of fused-ring (bicyclic) bond motifs is 1. The Bertz CT molecular complexity index is 933. The van der Waals surface area contributed by atoms with Gasteiger partial charge in [0.1, 0.15) is 18.1 Å². The fraction of sp³-hybridized carbons (Fsp3) is 0.417. The first-order valence-corrected chi connectivity index (χ1v) is 10.2. The second kappa shape index (κ2) is 8.78. The summed E-state index contributed by atoms with van der Waals surface area (Å²) in [5, 5.41) is 2.96. The monoisotopic (exact) mass is 410 g/mol. The van der Waals surface area contributed by atoms with Crippen LogP contribution in [0, 0.1) is 5.41 Å². The fourth-order valence-electron chi connectivity index (χ4n) is 3.58. The molecule has 2 aromatic carbocycles. The molecular formula is C24H30N2O4. The number of hydrogen-bond donors (Lipinski definition) is 1. The quantitative estimate of drug-likeness (QED) is 0.782. The van der Waals surface area contributed by atoms with Gasteiger partial charge in [-0.15, -0.1) is 0 Å². The summed E-state index contributed by atoms with van der Waals surface area (Å²) < 4.78 is 11.1. The number of carbonyl (C=O) groups excluding carboxylic acids is 2. The van der Waals surface area contributed by atoms with Crippen LogP contribution in [-0.4, -0.2) is 32.1 Å². The highest BCUT2D eigenvalue weighted by Gasteiger charge is 2.32. The van der Waals surface area contributed by atoms with Gasteiger partial charge in [-0.05, 0) is 35.7 Å². The third-order valence-corrected chi connectivity index (χ3v) is 5.15. The molecule has 0 fully saturated rings. The van der Waals surface area contributed by atoms with Gasteiger partial charge < -0.3 is 19.7 Å². The number of hydrogen-bond acceptors (Lipinski definition) is 4. The van der Waals surface area contributed by atoms with Crippen LogP contribution in [0.5, 0.6) is 11.5 Å². The first-order chi connectivity index (χ1) is 14.2. The molecule has 0 aliphatic carbocycles. The minimum atomic E-state index is -0.502. The third-order valence-electron chi connectivity index (χ3n) is 5.15. The Morgan fingerprint density at radius 2 is 1.93 bits per heavy atom. The summed E-state index contributed by atoms with van der Waals surface area (Å²) >= 11 is 0. The zero-order valence-electron chi connectivity index (χ0n) is 18.3. The molecule has 0 spiro atoms. The summed E-state index contributed by atoms with van der Waals surface area (Å²) in [6.07, 6.45) is 0.318. The van der Waals surface area contributed by atoms with Crippen LogP contribution in [0.25, 0.3) is 0 Å². The average Bonchev–Trinajstić information content (AvgIpc) is 2.71. The van der Waals surface area contributed by atoms with E-state index in [0.717, 1.165) is 11.3 Å². The van der Waals surface area contributed by atoms with E-state index in [2.05, 4.69) is 5.32 Å². The molecule has 3 rings (SSSR count). The first kappa shape index (κ1) is 21.7. The lowest BCUT2D eigenvalue weighted by molar-refractivity contribution is -0.126. The summed E-state index contributed by atoms with van der Waals surface area (Å²) in [6, 6.07) is 13.1. The van der Waals surface area contributed by atoms with Crippen molar-refractivity contribution in [1.29, 1.82) is 0 Å². The highest BCUT2D eigenvalue weighted by atomic mass is 16.5. The van der Waals surface area contributed by atoms with E-state index in [4.69, 9.17) is 9.47 Å². The van der Waals surface area contributed by atoms with Gasteiger partial charge in [-0.3, -0.25) is 9.59 Å². The maximum atomic E-state index is 12.8. The molecule has 160 valence electrons. The van der Waals surface area contributed by atoms with E-state index in [0.29, 0.717) is 36.7 Å². The summed E-state index contributed by atoms with van der Waals surface area (Å²) in [6.45, 7) is 8.64. The number of amides is 2. The van der Waals surface area contributed by atoms with Gasteiger partial charge in [-0.2, -0.15) is 0 Å². The van der Waals surface area contributed by atoms with Crippen molar-refractivity contribution in [3.8, 4) is 11.5 Å². The number of carbonyl (C=O) groups is 2. The van der Waals surface area contributed by atoms with Crippen molar-refractivity contribution in [1.82, 2.24) is 0 Å². The van der Waals surface area contributed by atoms with Crippen LogP contribution in [0.2, 0.25) is 0 Å². The number of para-hydroxylation sites is 1. The molecule has 0 radical (unpaired) electrons. The minimum Gasteiger partial charge on any atom is -0.496 e. The molecule has 0 saturated heterocycles. The summed E-state index contributed by atoms with van der Waals surface area (Å²) in [7, 11) is 1.63. The van der Waals surface area contributed by atoms with Gasteiger partial charge in [0.15, 0.2) is 0 Å². The Morgan fingerprint density at radius 1 is 1.20 bits per heavy atom. The first-order valence-electron chi connectivity index (χ1n) is 10.2. The van der Waals surface area contributed by atoms with Gasteiger partial charge in [0.2, 0.25) is 11.8 Å². The molecule has 30 heavy (non-hydrogen) atoms. The van der Waals surface area contributed by atoms with Crippen molar-refractivity contribution in [2.45, 2.75) is 40.0 Å². The summed E-state index contributed by atoms with van der Waals surface area (Å²) in [4.78, 5) is 27.3. The second-order valence-electron chi connectivity index (χ2n) is 8.63. The number of methoxy groups -OCH3 is 1. The van der Waals surface area contributed by atoms with Crippen LogP contribution in [-0.2, 0) is 9.59 Å². The van der Waals surface area contributed by atoms with Crippen molar-refractivity contribution in [3.63, 3.8) is 0 Å². The van der Waals surface area contributed by atoms with E-state index < -0.39 is 5.41 Å². The van der Waals surface area contributed by atoms with Gasteiger partial charge in [-0.25, -0.2) is 0 Å². The fourth-order valence-corrected chi connectivity index (χ4v) is 3.58. The van der Waals surface area contributed by atoms with Crippen LogP contribution >= 0.6 is 0 Å². The van der Waals surface area contributed by atoms with Crippen LogP contribution in [0.15, 0.2) is 42.5 Å². The molecule has 0 aromatic heterocycles. The average molecular weight is 411 g/mol. The highest BCUT2D eigenvalue weighted by Crippen LogP contribution is 2.36. The summed E-state index contributed by atoms with van der Waals surface area (Å²) in [5.74, 6) is 1.36. The molecule has 1 atom stereocenters. The van der Waals surface area contributed by atoms with Crippen LogP contribution in [0.3, 0.4) is 0 Å². The molecule has 1 heterocycles. The van der Waals surface area contributed by atoms with Gasteiger partial charge in [0, 0.05) is 17.5 Å². The minimum absolute atomic E-state index is 0.000998. The molecule has 6 heteroatoms. The Labute approximate surface area is 178 Å². The van der Waals surface area contributed by atoms with Gasteiger partial charge >= 0.3 is 0 Å². The van der Waals surface area contributed by atoms with Crippen molar-refractivity contribution >= 4 is 23.2 Å². The van der Waals surface area contributed by atoms with E-state index in [9.17, 15) is 9.59 Å². The predicted octanol–water partition coefficient (Wildman–Crippen LogP) is 4.60. The Balaban J connectivity index is 1.74. The molecule has 2 amide bonds. The smallest absolute Gasteiger partial charge is 0.232 e. The Hall–Kier alpha value is -3.02. The predicted molar refractivity (Wildman–Crippen MR) is 118 cm³/mol. The molecular weight excluding hydrogens is 380 g/mol.